The number of halogens is 3. The fraction of sp³-hybridized carbons (Fsp3) is 0.512. The number of hydrogen-bond acceptors (Lipinski definition) is 11. The van der Waals surface area contributed by atoms with Crippen LogP contribution < -0.4 is 19.1 Å². The standard InChI is InChI=1S/C41H42F3N6O6.Tl/c1-6-26-28(43)10-8-22-14-25(55-21-52-5)15-27(31(22)26)34-33(44)35-32-36(47-38(46-35)54-20-41-12-7-13-48(41)17-23(42)16-41)49-18-24-9-11-29(30(49)19-53-37(32)45-34)50(24)39(51)56-40(2,3)4;/h8,10,14-15,23-24,29-30H,7,9,11-13,16-21H2,2-5H3;/t23-,24+,29-,30-,41+;/m1./s1. The van der Waals surface area contributed by atoms with Crippen molar-refractivity contribution in [3.63, 3.8) is 0 Å². The molecule has 2 bridgehead atoms. The number of anilines is 1. The summed E-state index contributed by atoms with van der Waals surface area (Å²) in [6.45, 7) is 7.17. The number of rotatable bonds is 7. The van der Waals surface area contributed by atoms with Crippen molar-refractivity contribution < 1.29 is 41.7 Å². The van der Waals surface area contributed by atoms with Gasteiger partial charge in [-0.15, -0.1) is 0 Å². The summed E-state index contributed by atoms with van der Waals surface area (Å²) in [5.74, 6) is 2.38. The summed E-state index contributed by atoms with van der Waals surface area (Å²) in [6, 6.07) is 5.26. The number of pyridine rings is 1. The van der Waals surface area contributed by atoms with Crippen molar-refractivity contribution in [2.24, 2.45) is 0 Å². The van der Waals surface area contributed by atoms with Crippen molar-refractivity contribution in [1.82, 2.24) is 24.8 Å². The Bertz CT molecular complexity index is 2350. The molecule has 0 unspecified atom stereocenters. The van der Waals surface area contributed by atoms with Gasteiger partial charge in [-0.05, 0) is 53.0 Å². The Balaban J connectivity index is 1.22. The summed E-state index contributed by atoms with van der Waals surface area (Å²) >= 11 is 0.263. The van der Waals surface area contributed by atoms with Gasteiger partial charge in [-0.2, -0.15) is 0 Å². The third-order valence-corrected chi connectivity index (χ3v) is 12.4. The first-order valence-corrected chi connectivity index (χ1v) is 21.6. The Kier molecular flexibility index (Phi) is 9.83. The molecule has 0 saturated carbocycles. The van der Waals surface area contributed by atoms with Gasteiger partial charge in [0.2, 0.25) is 0 Å². The molecule has 9 rings (SSSR count). The molecule has 4 aromatic rings. The van der Waals surface area contributed by atoms with Crippen molar-refractivity contribution >= 4 is 59.4 Å². The molecule has 57 heavy (non-hydrogen) atoms. The van der Waals surface area contributed by atoms with Crippen LogP contribution in [0.4, 0.5) is 23.8 Å². The molecule has 4 fully saturated rings. The van der Waals surface area contributed by atoms with Gasteiger partial charge in [0.05, 0.1) is 11.6 Å². The fourth-order valence-corrected chi connectivity index (χ4v) is 10.1. The van der Waals surface area contributed by atoms with Crippen LogP contribution in [-0.4, -0.2) is 139 Å². The van der Waals surface area contributed by atoms with E-state index in [0.29, 0.717) is 48.3 Å². The third-order valence-electron chi connectivity index (χ3n) is 11.8. The van der Waals surface area contributed by atoms with Gasteiger partial charge in [0.15, 0.2) is 0 Å². The van der Waals surface area contributed by atoms with Crippen molar-refractivity contribution in [3.05, 3.63) is 41.5 Å². The van der Waals surface area contributed by atoms with E-state index in [4.69, 9.17) is 38.6 Å². The summed E-state index contributed by atoms with van der Waals surface area (Å²) in [6.07, 6.45) is 2.11. The molecule has 7 heterocycles. The van der Waals surface area contributed by atoms with E-state index in [1.54, 1.807) is 18.2 Å². The molecule has 1 amide bonds. The fourth-order valence-electron chi connectivity index (χ4n) is 9.56. The van der Waals surface area contributed by atoms with E-state index < -0.39 is 41.1 Å². The molecule has 4 saturated heterocycles. The van der Waals surface area contributed by atoms with Gasteiger partial charge >= 0.3 is 232 Å². The zero-order chi connectivity index (χ0) is 39.8. The average molecular weight is 976 g/mol. The molecule has 0 radical (unpaired) electrons. The molecular formula is C41H42F3N6O6Tl. The second-order valence-electron chi connectivity index (χ2n) is 16.5. The minimum atomic E-state index is -0.965. The molecule has 2 aromatic carbocycles. The van der Waals surface area contributed by atoms with Crippen LogP contribution in [0.2, 0.25) is 0 Å². The van der Waals surface area contributed by atoms with Gasteiger partial charge in [-0.25, -0.2) is 9.18 Å². The maximum atomic E-state index is 17.6. The molecule has 296 valence electrons. The van der Waals surface area contributed by atoms with Gasteiger partial charge in [0, 0.05) is 13.0 Å². The van der Waals surface area contributed by atoms with Gasteiger partial charge < -0.3 is 4.74 Å². The molecule has 16 heteroatoms. The quantitative estimate of drug-likeness (QED) is 0.126. The van der Waals surface area contributed by atoms with Gasteiger partial charge in [0.25, 0.3) is 0 Å². The second-order valence-corrected chi connectivity index (χ2v) is 17.6. The van der Waals surface area contributed by atoms with Crippen molar-refractivity contribution in [1.29, 1.82) is 0 Å². The van der Waals surface area contributed by atoms with Gasteiger partial charge in [0.1, 0.15) is 11.8 Å². The van der Waals surface area contributed by atoms with E-state index >= 15 is 8.78 Å². The summed E-state index contributed by atoms with van der Waals surface area (Å²) in [5, 5.41) is 1.17. The van der Waals surface area contributed by atoms with E-state index in [9.17, 15) is 9.18 Å². The first-order valence-electron chi connectivity index (χ1n) is 19.3. The molecule has 2 aromatic heterocycles. The Hall–Kier alpha value is -4.15. The Labute approximate surface area is 344 Å². The first-order chi connectivity index (χ1) is 27.4. The molecule has 5 aliphatic rings. The monoisotopic (exact) mass is 976 g/mol. The van der Waals surface area contributed by atoms with Crippen LogP contribution in [0.3, 0.4) is 0 Å². The topological polar surface area (TPSA) is 112 Å². The molecule has 0 N–H and O–H groups in total. The van der Waals surface area contributed by atoms with Crippen LogP contribution in [0.5, 0.6) is 17.6 Å². The average Bonchev–Trinajstić information content (AvgIpc) is 3.78. The zero-order valence-electron chi connectivity index (χ0n) is 32.2. The number of aromatic nitrogens is 3. The van der Waals surface area contributed by atoms with Crippen LogP contribution in [0.25, 0.3) is 32.9 Å². The van der Waals surface area contributed by atoms with Crippen LogP contribution in [0.15, 0.2) is 24.3 Å². The third kappa shape index (κ3) is 6.68. The second kappa shape index (κ2) is 14.6. The molecule has 12 nitrogen and oxygen atoms in total. The van der Waals surface area contributed by atoms with Crippen LogP contribution in [0.1, 0.15) is 58.4 Å². The number of ether oxygens (including phenoxy) is 5. The van der Waals surface area contributed by atoms with Crippen LogP contribution in [-0.2, 0) is 9.47 Å². The Morgan fingerprint density at radius 1 is 1.09 bits per heavy atom. The minimum absolute atomic E-state index is 0.0674. The number of carbonyl (C=O) groups is 1. The summed E-state index contributed by atoms with van der Waals surface area (Å²) in [7, 11) is 1.49. The number of fused-ring (bicyclic) bond motifs is 7. The number of nitrogens with zero attached hydrogens (tertiary/aromatic N) is 6. The van der Waals surface area contributed by atoms with Crippen molar-refractivity contribution in [3.8, 4) is 38.3 Å². The summed E-state index contributed by atoms with van der Waals surface area (Å²) in [5.41, 5.74) is -1.11. The number of methoxy groups -OCH3 is 1. The van der Waals surface area contributed by atoms with Crippen LogP contribution >= 0.6 is 0 Å². The van der Waals surface area contributed by atoms with E-state index in [0.717, 1.165) is 25.8 Å². The van der Waals surface area contributed by atoms with E-state index in [1.807, 2.05) is 25.7 Å². The number of piperazine rings is 1. The zero-order valence-corrected chi connectivity index (χ0v) is 36.7. The SMILES string of the molecule is COCOc1cc(-c2nc3c4c(nc(OC[C@@]56CCCN5C[C@H](F)C6)nc4c2F)N2C[C@@H]4CC[C@H]([C@H]2CO3)N4C(=O)OC(C)(C)C)c2c(C#[C][Tl])c(F)ccc2c1. The van der Waals surface area contributed by atoms with E-state index in [-0.39, 0.29) is 97.5 Å². The number of alkyl halides is 1. The molecular weight excluding hydrogens is 934 g/mol. The number of hydrogen-bond donors (Lipinski definition) is 0. The van der Waals surface area contributed by atoms with Crippen molar-refractivity contribution in [2.75, 3.05) is 51.7 Å². The molecule has 5 aliphatic heterocycles. The first kappa shape index (κ1) is 38.4. The van der Waals surface area contributed by atoms with E-state index in [2.05, 4.69) is 19.2 Å². The predicted molar refractivity (Wildman–Crippen MR) is 205 cm³/mol. The normalized spacial score (nSPS) is 25.1. The van der Waals surface area contributed by atoms with Crippen LogP contribution in [0, 0.1) is 21.0 Å². The predicted octanol–water partition coefficient (Wildman–Crippen LogP) is 5.89. The van der Waals surface area contributed by atoms with E-state index in [1.165, 1.54) is 13.2 Å². The summed E-state index contributed by atoms with van der Waals surface area (Å²) in [4.78, 5) is 34.1. The molecule has 0 spiro atoms. The Morgan fingerprint density at radius 2 is 1.93 bits per heavy atom. The molecule has 0 aliphatic carbocycles. The van der Waals surface area contributed by atoms with Crippen molar-refractivity contribution in [2.45, 2.75) is 88.3 Å². The number of benzene rings is 2. The van der Waals surface area contributed by atoms with Gasteiger partial charge in [-0.1, -0.05) is 0 Å². The maximum absolute atomic E-state index is 17.6. The number of amides is 1. The Morgan fingerprint density at radius 3 is 2.72 bits per heavy atom. The number of carbonyl (C=O) groups excluding carboxylic acids is 1. The summed E-state index contributed by atoms with van der Waals surface area (Å²) < 4.78 is 80.7. The van der Waals surface area contributed by atoms with Gasteiger partial charge in [-0.3, -0.25) is 9.80 Å². The molecule has 5 atom stereocenters.